The monoisotopic (exact) mass is 367 g/mol. The van der Waals surface area contributed by atoms with Gasteiger partial charge in [-0.2, -0.15) is 0 Å². The maximum atomic E-state index is 12.6. The molecule has 2 N–H and O–H groups in total. The zero-order valence-electron chi connectivity index (χ0n) is 15.4. The number of nitrogens with one attached hydrogen (secondary N) is 2. The summed E-state index contributed by atoms with van der Waals surface area (Å²) in [4.78, 5) is 46.0. The number of hydrogen-bond donors (Lipinski definition) is 2. The molecule has 0 aliphatic rings. The van der Waals surface area contributed by atoms with Crippen LogP contribution in [-0.2, 0) is 11.3 Å². The predicted octanol–water partition coefficient (Wildman–Crippen LogP) is 1.30. The van der Waals surface area contributed by atoms with Gasteiger partial charge in [0.2, 0.25) is 5.91 Å². The Morgan fingerprint density at radius 2 is 1.96 bits per heavy atom. The van der Waals surface area contributed by atoms with Crippen molar-refractivity contribution >= 4 is 22.8 Å². The molecule has 0 unspecified atom stereocenters. The first-order chi connectivity index (χ1) is 12.9. The summed E-state index contributed by atoms with van der Waals surface area (Å²) in [6.07, 6.45) is 1.49. The Morgan fingerprint density at radius 3 is 2.67 bits per heavy atom. The normalized spacial score (nSPS) is 12.0. The minimum Gasteiger partial charge on any atom is -0.347 e. The minimum absolute atomic E-state index is 0.0213. The van der Waals surface area contributed by atoms with Crippen LogP contribution in [0.25, 0.3) is 11.0 Å². The number of benzene rings is 1. The van der Waals surface area contributed by atoms with Gasteiger partial charge in [-0.3, -0.25) is 14.4 Å². The van der Waals surface area contributed by atoms with Crippen molar-refractivity contribution in [3.05, 3.63) is 64.3 Å². The number of likely N-dealkylation sites (N-methyl/N-ethyl adjacent to an activating group) is 1. The van der Waals surface area contributed by atoms with Crippen molar-refractivity contribution in [2.45, 2.75) is 19.5 Å². The molecule has 0 aliphatic heterocycles. The van der Waals surface area contributed by atoms with E-state index in [9.17, 15) is 14.4 Å². The van der Waals surface area contributed by atoms with Crippen molar-refractivity contribution < 1.29 is 9.59 Å². The Balaban J connectivity index is 1.79. The van der Waals surface area contributed by atoms with E-state index >= 15 is 0 Å². The van der Waals surface area contributed by atoms with Crippen LogP contribution in [0.2, 0.25) is 0 Å². The molecule has 0 aliphatic carbocycles. The summed E-state index contributed by atoms with van der Waals surface area (Å²) in [7, 11) is 3.22. The average Bonchev–Trinajstić information content (AvgIpc) is 3.07. The van der Waals surface area contributed by atoms with Crippen LogP contribution in [0.15, 0.2) is 47.4 Å². The van der Waals surface area contributed by atoms with Crippen molar-refractivity contribution in [2.75, 3.05) is 14.1 Å². The molecule has 0 bridgehead atoms. The lowest BCUT2D eigenvalue weighted by Gasteiger charge is -2.14. The van der Waals surface area contributed by atoms with E-state index in [0.29, 0.717) is 5.82 Å². The van der Waals surface area contributed by atoms with Crippen molar-refractivity contribution in [3.8, 4) is 0 Å². The van der Waals surface area contributed by atoms with E-state index in [0.717, 1.165) is 11.0 Å². The van der Waals surface area contributed by atoms with E-state index in [4.69, 9.17) is 0 Å². The predicted molar refractivity (Wildman–Crippen MR) is 101 cm³/mol. The highest BCUT2D eigenvalue weighted by atomic mass is 16.2. The van der Waals surface area contributed by atoms with Crippen LogP contribution >= 0.6 is 0 Å². The first-order valence-corrected chi connectivity index (χ1v) is 8.52. The lowest BCUT2D eigenvalue weighted by molar-refractivity contribution is -0.129. The molecule has 2 amide bonds. The van der Waals surface area contributed by atoms with Gasteiger partial charge in [-0.15, -0.1) is 0 Å². The van der Waals surface area contributed by atoms with E-state index < -0.39 is 17.5 Å². The lowest BCUT2D eigenvalue weighted by Crippen LogP contribution is -2.37. The average molecular weight is 367 g/mol. The van der Waals surface area contributed by atoms with Gasteiger partial charge in [-0.1, -0.05) is 12.1 Å². The molecule has 3 rings (SSSR count). The summed E-state index contributed by atoms with van der Waals surface area (Å²) in [5.74, 6) is -0.145. The van der Waals surface area contributed by atoms with Gasteiger partial charge < -0.3 is 19.8 Å². The van der Waals surface area contributed by atoms with Crippen LogP contribution < -0.4 is 10.9 Å². The van der Waals surface area contributed by atoms with Gasteiger partial charge in [-0.05, 0) is 31.2 Å². The number of imidazole rings is 1. The summed E-state index contributed by atoms with van der Waals surface area (Å²) in [6, 6.07) is 10.2. The minimum atomic E-state index is -0.514. The largest absolute Gasteiger partial charge is 0.347 e. The Labute approximate surface area is 155 Å². The van der Waals surface area contributed by atoms with Crippen LogP contribution in [-0.4, -0.2) is 45.3 Å². The molecule has 2 heterocycles. The van der Waals surface area contributed by atoms with Crippen molar-refractivity contribution in [1.82, 2.24) is 24.8 Å². The number of rotatable bonds is 5. The van der Waals surface area contributed by atoms with Crippen LogP contribution in [0.5, 0.6) is 0 Å². The number of hydrogen-bond acceptors (Lipinski definition) is 4. The SMILES string of the molecule is C[C@H](NC(=O)c1cccn(CC(=O)N(C)C)c1=O)c1nc2ccccc2[nH]1. The number of nitrogens with zero attached hydrogens (tertiary/aromatic N) is 3. The van der Waals surface area contributed by atoms with Gasteiger partial charge in [-0.25, -0.2) is 4.98 Å². The third-order valence-electron chi connectivity index (χ3n) is 4.23. The molecule has 8 nitrogen and oxygen atoms in total. The lowest BCUT2D eigenvalue weighted by atomic mass is 10.2. The second-order valence-corrected chi connectivity index (χ2v) is 6.48. The van der Waals surface area contributed by atoms with Gasteiger partial charge in [0, 0.05) is 20.3 Å². The second-order valence-electron chi connectivity index (χ2n) is 6.48. The highest BCUT2D eigenvalue weighted by Gasteiger charge is 2.18. The Morgan fingerprint density at radius 1 is 1.22 bits per heavy atom. The van der Waals surface area contributed by atoms with Crippen LogP contribution in [0, 0.1) is 0 Å². The van der Waals surface area contributed by atoms with E-state index in [-0.39, 0.29) is 18.0 Å². The molecule has 1 atom stereocenters. The van der Waals surface area contributed by atoms with Crippen LogP contribution in [0.3, 0.4) is 0 Å². The molecule has 3 aromatic rings. The highest BCUT2D eigenvalue weighted by Crippen LogP contribution is 2.15. The quantitative estimate of drug-likeness (QED) is 0.710. The summed E-state index contributed by atoms with van der Waals surface area (Å²) in [6.45, 7) is 1.67. The fraction of sp³-hybridized carbons (Fsp3) is 0.263. The summed E-state index contributed by atoms with van der Waals surface area (Å²) < 4.78 is 1.23. The number of carbonyl (C=O) groups is 2. The maximum absolute atomic E-state index is 12.6. The molecule has 140 valence electrons. The first-order valence-electron chi connectivity index (χ1n) is 8.52. The third kappa shape index (κ3) is 3.89. The van der Waals surface area contributed by atoms with Gasteiger partial charge in [0.1, 0.15) is 17.9 Å². The van der Waals surface area contributed by atoms with Crippen molar-refractivity contribution in [2.24, 2.45) is 0 Å². The molecule has 0 saturated heterocycles. The Hall–Kier alpha value is -3.42. The molecule has 0 fully saturated rings. The highest BCUT2D eigenvalue weighted by molar-refractivity contribution is 5.94. The van der Waals surface area contributed by atoms with Gasteiger partial charge >= 0.3 is 0 Å². The molecule has 1 aromatic carbocycles. The zero-order chi connectivity index (χ0) is 19.6. The molecule has 8 heteroatoms. The van der Waals surface area contributed by atoms with E-state index in [2.05, 4.69) is 15.3 Å². The second kappa shape index (κ2) is 7.45. The van der Waals surface area contributed by atoms with Gasteiger partial charge in [0.05, 0.1) is 17.1 Å². The van der Waals surface area contributed by atoms with Crippen LogP contribution in [0.1, 0.15) is 29.1 Å². The van der Waals surface area contributed by atoms with Crippen molar-refractivity contribution in [3.63, 3.8) is 0 Å². The number of aromatic amines is 1. The van der Waals surface area contributed by atoms with Gasteiger partial charge in [0.25, 0.3) is 11.5 Å². The fourth-order valence-electron chi connectivity index (χ4n) is 2.64. The number of fused-ring (bicyclic) bond motifs is 1. The zero-order valence-corrected chi connectivity index (χ0v) is 15.4. The Bertz CT molecular complexity index is 1020. The first kappa shape index (κ1) is 18.4. The third-order valence-corrected chi connectivity index (χ3v) is 4.23. The van der Waals surface area contributed by atoms with Crippen molar-refractivity contribution in [1.29, 1.82) is 0 Å². The molecular weight excluding hydrogens is 346 g/mol. The van der Waals surface area contributed by atoms with Crippen LogP contribution in [0.4, 0.5) is 0 Å². The topological polar surface area (TPSA) is 100 Å². The number of amides is 2. The summed E-state index contributed by atoms with van der Waals surface area (Å²) >= 11 is 0. The summed E-state index contributed by atoms with van der Waals surface area (Å²) in [5, 5.41) is 2.78. The number of carbonyl (C=O) groups excluding carboxylic acids is 2. The Kier molecular flexibility index (Phi) is 5.07. The number of H-pyrrole nitrogens is 1. The number of pyridine rings is 1. The maximum Gasteiger partial charge on any atom is 0.263 e. The van der Waals surface area contributed by atoms with Gasteiger partial charge in [0.15, 0.2) is 0 Å². The molecule has 0 saturated carbocycles. The smallest absolute Gasteiger partial charge is 0.263 e. The summed E-state index contributed by atoms with van der Waals surface area (Å²) in [5.41, 5.74) is 1.14. The number of para-hydroxylation sites is 2. The van der Waals surface area contributed by atoms with E-state index in [1.54, 1.807) is 27.1 Å². The molecular formula is C19H21N5O3. The number of aromatic nitrogens is 3. The van der Waals surface area contributed by atoms with E-state index in [1.165, 1.54) is 21.7 Å². The fourth-order valence-corrected chi connectivity index (χ4v) is 2.64. The standard InChI is InChI=1S/C19H21N5O3/c1-12(17-21-14-8-4-5-9-15(14)22-17)20-18(26)13-7-6-10-24(19(13)27)11-16(25)23(2)3/h4-10,12H,11H2,1-3H3,(H,20,26)(H,21,22)/t12-/m0/s1. The molecule has 0 spiro atoms. The molecule has 27 heavy (non-hydrogen) atoms. The molecule has 2 aromatic heterocycles. The molecule has 0 radical (unpaired) electrons. The van der Waals surface area contributed by atoms with E-state index in [1.807, 2.05) is 24.3 Å².